The third-order valence-corrected chi connectivity index (χ3v) is 15.4. The van der Waals surface area contributed by atoms with Gasteiger partial charge >= 0.3 is 6.09 Å². The zero-order valence-electron chi connectivity index (χ0n) is 33.0. The smallest absolute Gasteiger partial charge is 0.408 e. The molecule has 2 aromatic rings. The number of nitrogens with one attached hydrogen (secondary N) is 2. The number of rotatable bonds is 10. The number of hydrogen-bond donors (Lipinski definition) is 3. The number of ether oxygens (including phenoxy) is 3. The molecule has 3 aliphatic carbocycles. The van der Waals surface area contributed by atoms with E-state index in [0.717, 1.165) is 18.2 Å². The Morgan fingerprint density at radius 3 is 2.47 bits per heavy atom. The lowest BCUT2D eigenvalue weighted by Crippen LogP contribution is -2.65. The van der Waals surface area contributed by atoms with Gasteiger partial charge < -0.3 is 29.5 Å². The van der Waals surface area contributed by atoms with Gasteiger partial charge in [-0.25, -0.2) is 22.6 Å². The van der Waals surface area contributed by atoms with E-state index in [1.54, 1.807) is 13.3 Å². The van der Waals surface area contributed by atoms with Crippen molar-refractivity contribution < 1.29 is 51.3 Å². The lowest BCUT2D eigenvalue weighted by atomic mass is 9.86. The summed E-state index contributed by atoms with van der Waals surface area (Å²) in [5, 5.41) is 15.0. The SMILES string of the molecule is COc1cnc(O[C@@H]2C[C@H]3C(=O)N[C@]4(C(=O)NS(=O)(=O)C5(CF)CC5)C[C@H]4/C=C\CC[C@H](C)C[C@@H](C)[C@H](N(C(=O)O)C4COC4)C(=O)N3C2C2CC2)c2ccccc12. The van der Waals surface area contributed by atoms with E-state index in [1.807, 2.05) is 50.3 Å². The minimum atomic E-state index is -4.41. The third-order valence-electron chi connectivity index (χ3n) is 13.3. The van der Waals surface area contributed by atoms with Crippen LogP contribution in [0.1, 0.15) is 71.6 Å². The van der Waals surface area contributed by atoms with Crippen molar-refractivity contribution in [1.82, 2.24) is 24.8 Å². The average Bonchev–Trinajstić information content (AvgIpc) is 4.08. The Labute approximate surface area is 337 Å². The number of sulfonamides is 1. The molecule has 3 N–H and O–H groups in total. The van der Waals surface area contributed by atoms with Crippen LogP contribution in [0.25, 0.3) is 10.8 Å². The lowest BCUT2D eigenvalue weighted by Gasteiger charge is -2.45. The molecule has 2 saturated heterocycles. The largest absolute Gasteiger partial charge is 0.494 e. The van der Waals surface area contributed by atoms with Gasteiger partial charge in [0.2, 0.25) is 27.7 Å². The van der Waals surface area contributed by atoms with Gasteiger partial charge in [0.1, 0.15) is 40.9 Å². The Morgan fingerprint density at radius 2 is 1.84 bits per heavy atom. The van der Waals surface area contributed by atoms with E-state index in [9.17, 15) is 32.3 Å². The molecule has 6 aliphatic rings. The Hall–Kier alpha value is -4.51. The quantitative estimate of drug-likeness (QED) is 0.294. The van der Waals surface area contributed by atoms with Crippen LogP contribution >= 0.6 is 0 Å². The molecule has 15 nitrogen and oxygen atoms in total. The number of carbonyl (C=O) groups is 4. The molecule has 1 aromatic carbocycles. The van der Waals surface area contributed by atoms with E-state index in [2.05, 4.69) is 15.0 Å². The summed E-state index contributed by atoms with van der Waals surface area (Å²) in [6.07, 6.45) is 6.76. The second-order valence-electron chi connectivity index (χ2n) is 17.3. The number of aromatic nitrogens is 1. The molecule has 1 aromatic heterocycles. The predicted molar refractivity (Wildman–Crippen MR) is 208 cm³/mol. The summed E-state index contributed by atoms with van der Waals surface area (Å²) in [7, 11) is -2.87. The molecule has 4 amide bonds. The Bertz CT molecular complexity index is 2110. The number of carbonyl (C=O) groups excluding carboxylic acids is 3. The maximum absolute atomic E-state index is 15.5. The minimum absolute atomic E-state index is 0.0145. The number of halogens is 1. The Morgan fingerprint density at radius 1 is 1.12 bits per heavy atom. The van der Waals surface area contributed by atoms with Crippen molar-refractivity contribution in [2.75, 3.05) is 27.0 Å². The predicted octanol–water partition coefficient (Wildman–Crippen LogP) is 3.95. The maximum Gasteiger partial charge on any atom is 0.408 e. The van der Waals surface area contributed by atoms with Crippen molar-refractivity contribution in [3.63, 3.8) is 0 Å². The van der Waals surface area contributed by atoms with E-state index >= 15 is 4.79 Å². The summed E-state index contributed by atoms with van der Waals surface area (Å²) >= 11 is 0. The number of amides is 4. The second-order valence-corrected chi connectivity index (χ2v) is 19.4. The monoisotopic (exact) mass is 825 g/mol. The average molecular weight is 826 g/mol. The number of methoxy groups -OCH3 is 1. The number of nitrogens with zero attached hydrogens (tertiary/aromatic N) is 3. The van der Waals surface area contributed by atoms with E-state index in [4.69, 9.17) is 14.2 Å². The summed E-state index contributed by atoms with van der Waals surface area (Å²) in [4.78, 5) is 64.9. The van der Waals surface area contributed by atoms with Gasteiger partial charge in [0.25, 0.3) is 5.91 Å². The van der Waals surface area contributed by atoms with E-state index in [1.165, 1.54) is 9.80 Å². The molecule has 0 bridgehead atoms. The highest BCUT2D eigenvalue weighted by Gasteiger charge is 2.65. The first-order chi connectivity index (χ1) is 27.7. The summed E-state index contributed by atoms with van der Waals surface area (Å²) in [6.45, 7) is 3.05. The molecule has 8 atom stereocenters. The maximum atomic E-state index is 15.5. The number of alkyl halides is 1. The molecule has 3 saturated carbocycles. The normalized spacial score (nSPS) is 33.0. The van der Waals surface area contributed by atoms with Crippen LogP contribution in [0.2, 0.25) is 0 Å². The van der Waals surface area contributed by atoms with Gasteiger partial charge in [0, 0.05) is 23.1 Å². The van der Waals surface area contributed by atoms with Crippen LogP contribution in [-0.4, -0.2) is 120 Å². The van der Waals surface area contributed by atoms with E-state index < -0.39 is 92.9 Å². The third kappa shape index (κ3) is 7.15. The molecular weight excluding hydrogens is 774 g/mol. The molecule has 0 spiro atoms. The van der Waals surface area contributed by atoms with Gasteiger partial charge in [0.15, 0.2) is 0 Å². The van der Waals surface area contributed by atoms with Gasteiger partial charge in [-0.15, -0.1) is 0 Å². The molecule has 58 heavy (non-hydrogen) atoms. The fraction of sp³-hybridized carbons (Fsp3) is 0.634. The number of pyridine rings is 1. The highest BCUT2D eigenvalue weighted by molar-refractivity contribution is 7.91. The van der Waals surface area contributed by atoms with E-state index in [-0.39, 0.29) is 56.6 Å². The van der Waals surface area contributed by atoms with Crippen molar-refractivity contribution in [3.05, 3.63) is 42.6 Å². The molecule has 8 rings (SSSR count). The topological polar surface area (TPSA) is 194 Å². The van der Waals surface area contributed by atoms with E-state index in [0.29, 0.717) is 30.4 Å². The lowest BCUT2D eigenvalue weighted by molar-refractivity contribution is -0.152. The number of benzene rings is 1. The number of hydrogen-bond acceptors (Lipinski definition) is 10. The van der Waals surface area contributed by atoms with Crippen molar-refractivity contribution >= 4 is 44.6 Å². The van der Waals surface area contributed by atoms with Gasteiger partial charge in [-0.3, -0.25) is 24.0 Å². The first kappa shape index (κ1) is 40.3. The zero-order chi connectivity index (χ0) is 41.1. The van der Waals surface area contributed by atoms with Crippen LogP contribution in [0.4, 0.5) is 9.18 Å². The molecular formula is C41H52FN5O10S. The fourth-order valence-electron chi connectivity index (χ4n) is 9.44. The van der Waals surface area contributed by atoms with Gasteiger partial charge in [0.05, 0.1) is 38.6 Å². The summed E-state index contributed by atoms with van der Waals surface area (Å²) in [5.41, 5.74) is -1.68. The molecule has 314 valence electrons. The standard InChI is InChI=1S/C41H52FN5O10S/c1-23-8-4-5-9-26-18-41(26,38(50)45-58(53,54)40(22-42)14-15-40)44-35(48)30-17-31(57-36-29-11-7-6-10-28(29)32(55-3)19-43-36)34(25-12-13-25)47(30)37(49)33(24(2)16-23)46(39(51)52)27-20-56-21-27/h5-7,9-11,19,23-27,30-31,33-34H,4,8,12-18,20-22H2,1-3H3,(H,44,48)(H,45,50)(H,51,52)/b9-5-/t23-,24+,26+,30-,31+,33-,34?,41+/m0/s1. The first-order valence-electron chi connectivity index (χ1n) is 20.3. The van der Waals surface area contributed by atoms with Crippen molar-refractivity contribution in [3.8, 4) is 11.6 Å². The Kier molecular flexibility index (Phi) is 10.6. The van der Waals surface area contributed by atoms with Crippen LogP contribution in [0, 0.1) is 23.7 Å². The minimum Gasteiger partial charge on any atom is -0.494 e. The molecule has 0 radical (unpaired) electrons. The Balaban J connectivity index is 1.21. The second kappa shape index (κ2) is 15.3. The first-order valence-corrected chi connectivity index (χ1v) is 21.8. The summed E-state index contributed by atoms with van der Waals surface area (Å²) in [6, 6.07) is 3.78. The molecule has 1 unspecified atom stereocenters. The molecule has 4 heterocycles. The molecule has 17 heteroatoms. The zero-order valence-corrected chi connectivity index (χ0v) is 33.8. The van der Waals surface area contributed by atoms with Crippen molar-refractivity contribution in [2.45, 2.75) is 112 Å². The highest BCUT2D eigenvalue weighted by atomic mass is 32.2. The highest BCUT2D eigenvalue weighted by Crippen LogP contribution is 2.50. The summed E-state index contributed by atoms with van der Waals surface area (Å²) < 4.78 is 58.7. The van der Waals surface area contributed by atoms with Crippen LogP contribution in [-0.2, 0) is 29.1 Å². The van der Waals surface area contributed by atoms with Crippen molar-refractivity contribution in [1.29, 1.82) is 0 Å². The number of allylic oxidation sites excluding steroid dienone is 1. The number of fused-ring (bicyclic) bond motifs is 3. The summed E-state index contributed by atoms with van der Waals surface area (Å²) in [5.74, 6) is -2.41. The van der Waals surface area contributed by atoms with Crippen LogP contribution in [0.3, 0.4) is 0 Å². The van der Waals surface area contributed by atoms with Gasteiger partial charge in [-0.2, -0.15) is 0 Å². The molecule has 3 aliphatic heterocycles. The van der Waals surface area contributed by atoms with Crippen LogP contribution in [0.15, 0.2) is 42.6 Å². The molecule has 5 fully saturated rings. The van der Waals surface area contributed by atoms with Crippen LogP contribution < -0.4 is 19.5 Å². The van der Waals surface area contributed by atoms with Crippen LogP contribution in [0.5, 0.6) is 11.6 Å². The fourth-order valence-corrected chi connectivity index (χ4v) is 10.9. The van der Waals surface area contributed by atoms with Gasteiger partial charge in [-0.05, 0) is 75.2 Å². The van der Waals surface area contributed by atoms with Crippen molar-refractivity contribution in [2.24, 2.45) is 23.7 Å². The number of carboxylic acid groups (broad SMARTS) is 1. The van der Waals surface area contributed by atoms with Gasteiger partial charge in [-0.1, -0.05) is 44.2 Å².